The van der Waals surface area contributed by atoms with Crippen molar-refractivity contribution in [3.63, 3.8) is 0 Å². The quantitative estimate of drug-likeness (QED) is 0.883. The van der Waals surface area contributed by atoms with Gasteiger partial charge in [-0.25, -0.2) is 4.79 Å². The Labute approximate surface area is 132 Å². The lowest BCUT2D eigenvalue weighted by Gasteiger charge is -2.11. The van der Waals surface area contributed by atoms with E-state index in [0.29, 0.717) is 17.9 Å². The van der Waals surface area contributed by atoms with Gasteiger partial charge in [0, 0.05) is 12.5 Å². The van der Waals surface area contributed by atoms with Crippen LogP contribution in [0.5, 0.6) is 11.5 Å². The molecule has 6 nitrogen and oxygen atoms in total. The Bertz CT molecular complexity index is 729. The summed E-state index contributed by atoms with van der Waals surface area (Å²) < 4.78 is 10.4. The number of hydrogen-bond donors (Lipinski definition) is 2. The molecule has 1 heterocycles. The first-order chi connectivity index (χ1) is 11.1. The fraction of sp³-hybridized carbons (Fsp3) is 0.176. The maximum Gasteiger partial charge on any atom is 0.414 e. The lowest BCUT2D eigenvalue weighted by Crippen LogP contribution is -2.25. The Kier molecular flexibility index (Phi) is 4.14. The van der Waals surface area contributed by atoms with Gasteiger partial charge in [0.2, 0.25) is 0 Å². The number of alkyl carbamates (subject to hydrolysis) is 1. The molecule has 0 radical (unpaired) electrons. The van der Waals surface area contributed by atoms with E-state index in [2.05, 4.69) is 5.32 Å². The van der Waals surface area contributed by atoms with Crippen LogP contribution in [0, 0.1) is 0 Å². The van der Waals surface area contributed by atoms with Crippen molar-refractivity contribution >= 4 is 12.0 Å². The molecule has 23 heavy (non-hydrogen) atoms. The van der Waals surface area contributed by atoms with Crippen molar-refractivity contribution in [3.05, 3.63) is 59.7 Å². The molecular weight excluding hydrogens is 298 g/mol. The highest BCUT2D eigenvalue weighted by atomic mass is 16.6. The predicted molar refractivity (Wildman–Crippen MR) is 81.0 cm³/mol. The number of phenolic OH excluding ortho intramolecular Hbond substituents is 1. The van der Waals surface area contributed by atoms with Crippen LogP contribution in [0.1, 0.15) is 11.1 Å². The molecule has 2 aromatic rings. The lowest BCUT2D eigenvalue weighted by atomic mass is 10.1. The van der Waals surface area contributed by atoms with Gasteiger partial charge < -0.3 is 14.6 Å². The number of benzene rings is 2. The zero-order chi connectivity index (χ0) is 16.2. The van der Waals surface area contributed by atoms with Crippen LogP contribution in [-0.2, 0) is 22.6 Å². The first kappa shape index (κ1) is 14.9. The van der Waals surface area contributed by atoms with Gasteiger partial charge in [-0.15, -0.1) is 0 Å². The molecule has 1 fully saturated rings. The Balaban J connectivity index is 1.64. The third-order valence-electron chi connectivity index (χ3n) is 3.48. The summed E-state index contributed by atoms with van der Waals surface area (Å²) >= 11 is 0. The van der Waals surface area contributed by atoms with Crippen molar-refractivity contribution in [2.75, 3.05) is 0 Å². The molecule has 2 N–H and O–H groups in total. The summed E-state index contributed by atoms with van der Waals surface area (Å²) in [6, 6.07) is 14.5. The van der Waals surface area contributed by atoms with Gasteiger partial charge in [0.25, 0.3) is 5.91 Å². The van der Waals surface area contributed by atoms with E-state index < -0.39 is 18.1 Å². The maximum absolute atomic E-state index is 11.5. The average molecular weight is 313 g/mol. The highest BCUT2D eigenvalue weighted by molar-refractivity contribution is 6.00. The number of carbonyl (C=O) groups is 2. The second kappa shape index (κ2) is 6.39. The van der Waals surface area contributed by atoms with Crippen LogP contribution in [0.3, 0.4) is 0 Å². The first-order valence-electron chi connectivity index (χ1n) is 7.12. The van der Waals surface area contributed by atoms with E-state index in [-0.39, 0.29) is 12.2 Å². The van der Waals surface area contributed by atoms with Crippen molar-refractivity contribution in [2.24, 2.45) is 0 Å². The van der Waals surface area contributed by atoms with Gasteiger partial charge in [0.05, 0.1) is 0 Å². The normalized spacial score (nSPS) is 16.8. The molecule has 1 atom stereocenters. The van der Waals surface area contributed by atoms with E-state index in [9.17, 15) is 14.7 Å². The SMILES string of the molecule is O=C1NC(=O)C(Cc2ccc(OCc3ccccc3)cc2O)O1. The fourth-order valence-electron chi connectivity index (χ4n) is 2.27. The van der Waals surface area contributed by atoms with Crippen LogP contribution in [0.2, 0.25) is 0 Å². The minimum Gasteiger partial charge on any atom is -0.508 e. The molecule has 0 spiro atoms. The largest absolute Gasteiger partial charge is 0.508 e. The number of aromatic hydroxyl groups is 1. The van der Waals surface area contributed by atoms with Crippen molar-refractivity contribution < 1.29 is 24.2 Å². The monoisotopic (exact) mass is 313 g/mol. The summed E-state index contributed by atoms with van der Waals surface area (Å²) in [7, 11) is 0. The summed E-state index contributed by atoms with van der Waals surface area (Å²) in [6.07, 6.45) is -1.56. The molecule has 0 bridgehead atoms. The third kappa shape index (κ3) is 3.60. The number of imide groups is 1. The van der Waals surface area contributed by atoms with Crippen LogP contribution in [-0.4, -0.2) is 23.2 Å². The molecule has 0 aromatic heterocycles. The van der Waals surface area contributed by atoms with Gasteiger partial charge in [0.15, 0.2) is 6.10 Å². The molecule has 1 saturated heterocycles. The van der Waals surface area contributed by atoms with Crippen LogP contribution < -0.4 is 10.1 Å². The van der Waals surface area contributed by atoms with Gasteiger partial charge in [-0.1, -0.05) is 36.4 Å². The standard InChI is InChI=1S/C17H15NO5/c19-14-9-13(22-10-11-4-2-1-3-5-11)7-6-12(14)8-15-16(20)18-17(21)23-15/h1-7,9,15,19H,8,10H2,(H,18,20,21). The van der Waals surface area contributed by atoms with E-state index in [4.69, 9.17) is 9.47 Å². The maximum atomic E-state index is 11.5. The minimum atomic E-state index is -0.913. The number of amides is 2. The predicted octanol–water partition coefficient (Wildman–Crippen LogP) is 2.15. The second-order valence-corrected chi connectivity index (χ2v) is 5.15. The number of hydrogen-bond acceptors (Lipinski definition) is 5. The molecule has 6 heteroatoms. The van der Waals surface area contributed by atoms with Crippen molar-refractivity contribution in [1.82, 2.24) is 5.32 Å². The van der Waals surface area contributed by atoms with E-state index in [1.165, 1.54) is 6.07 Å². The van der Waals surface area contributed by atoms with Gasteiger partial charge in [-0.3, -0.25) is 10.1 Å². The van der Waals surface area contributed by atoms with Crippen LogP contribution in [0.15, 0.2) is 48.5 Å². The van der Waals surface area contributed by atoms with Crippen molar-refractivity contribution in [3.8, 4) is 11.5 Å². The molecule has 1 unspecified atom stereocenters. The molecule has 1 aliphatic heterocycles. The smallest absolute Gasteiger partial charge is 0.414 e. The number of phenols is 1. The molecule has 2 aromatic carbocycles. The van der Waals surface area contributed by atoms with E-state index in [1.807, 2.05) is 30.3 Å². The molecule has 118 valence electrons. The van der Waals surface area contributed by atoms with E-state index in [0.717, 1.165) is 5.56 Å². The van der Waals surface area contributed by atoms with Gasteiger partial charge in [-0.2, -0.15) is 0 Å². The topological polar surface area (TPSA) is 84.9 Å². The molecule has 1 aliphatic rings. The van der Waals surface area contributed by atoms with Gasteiger partial charge in [-0.05, 0) is 17.2 Å². The number of ether oxygens (including phenoxy) is 2. The van der Waals surface area contributed by atoms with E-state index in [1.54, 1.807) is 12.1 Å². The summed E-state index contributed by atoms with van der Waals surface area (Å²) in [5.41, 5.74) is 1.53. The van der Waals surface area contributed by atoms with E-state index >= 15 is 0 Å². The van der Waals surface area contributed by atoms with Crippen molar-refractivity contribution in [1.29, 1.82) is 0 Å². The number of nitrogens with one attached hydrogen (secondary N) is 1. The lowest BCUT2D eigenvalue weighted by molar-refractivity contribution is -0.123. The summed E-state index contributed by atoms with van der Waals surface area (Å²) in [5, 5.41) is 12.1. The first-order valence-corrected chi connectivity index (χ1v) is 7.12. The minimum absolute atomic E-state index is 0.00805. The Morgan fingerprint density at radius 2 is 1.91 bits per heavy atom. The van der Waals surface area contributed by atoms with Gasteiger partial charge >= 0.3 is 6.09 Å². The van der Waals surface area contributed by atoms with Crippen molar-refractivity contribution in [2.45, 2.75) is 19.1 Å². The van der Waals surface area contributed by atoms with Crippen LogP contribution in [0.4, 0.5) is 4.79 Å². The van der Waals surface area contributed by atoms with Gasteiger partial charge in [0.1, 0.15) is 18.1 Å². The summed E-state index contributed by atoms with van der Waals surface area (Å²) in [6.45, 7) is 0.391. The Hall–Kier alpha value is -3.02. The van der Waals surface area contributed by atoms with Crippen LogP contribution in [0.25, 0.3) is 0 Å². The molecule has 2 amide bonds. The molecule has 3 rings (SSSR count). The fourth-order valence-corrected chi connectivity index (χ4v) is 2.27. The number of carbonyl (C=O) groups excluding carboxylic acids is 2. The number of rotatable bonds is 5. The molecule has 0 aliphatic carbocycles. The molecular formula is C17H15NO5. The average Bonchev–Trinajstić information content (AvgIpc) is 2.86. The third-order valence-corrected chi connectivity index (χ3v) is 3.48. The highest BCUT2D eigenvalue weighted by Crippen LogP contribution is 2.26. The zero-order valence-electron chi connectivity index (χ0n) is 12.2. The molecule has 0 saturated carbocycles. The number of cyclic esters (lactones) is 1. The summed E-state index contributed by atoms with van der Waals surface area (Å²) in [4.78, 5) is 22.4. The Morgan fingerprint density at radius 1 is 1.13 bits per heavy atom. The van der Waals surface area contributed by atoms with Crippen LogP contribution >= 0.6 is 0 Å². The zero-order valence-corrected chi connectivity index (χ0v) is 12.2. The highest BCUT2D eigenvalue weighted by Gasteiger charge is 2.32. The second-order valence-electron chi connectivity index (χ2n) is 5.15. The summed E-state index contributed by atoms with van der Waals surface area (Å²) in [5.74, 6) is 0.00749. The Morgan fingerprint density at radius 3 is 2.57 bits per heavy atom.